The Balaban J connectivity index is 1.29. The summed E-state index contributed by atoms with van der Waals surface area (Å²) < 4.78 is 7.31. The van der Waals surface area contributed by atoms with E-state index in [4.69, 9.17) is 4.98 Å². The monoisotopic (exact) mass is 622 g/mol. The fraction of sp³-hybridized carbons (Fsp3) is 0. The van der Waals surface area contributed by atoms with E-state index in [1.165, 1.54) is 76.1 Å². The summed E-state index contributed by atoms with van der Waals surface area (Å²) in [6, 6.07) is 55.4. The van der Waals surface area contributed by atoms with Gasteiger partial charge in [0.05, 0.1) is 33.1 Å². The second-order valence-corrected chi connectivity index (χ2v) is 13.2. The number of rotatable bonds is 2. The lowest BCUT2D eigenvalue weighted by atomic mass is 9.99. The molecule has 0 spiro atoms. The molecule has 0 fully saturated rings. The lowest BCUT2D eigenvalue weighted by Gasteiger charge is -2.13. The van der Waals surface area contributed by atoms with Crippen LogP contribution in [0.4, 0.5) is 0 Å². The molecule has 7 aromatic carbocycles. The first-order chi connectivity index (χ1) is 24.3. The van der Waals surface area contributed by atoms with Crippen LogP contribution in [0.25, 0.3) is 104 Å². The maximum absolute atomic E-state index is 4.88. The summed E-state index contributed by atoms with van der Waals surface area (Å²) in [4.78, 5) is 4.88. The Morgan fingerprint density at radius 3 is 1.80 bits per heavy atom. The Labute approximate surface area is 279 Å². The highest BCUT2D eigenvalue weighted by molar-refractivity contribution is 6.37. The Kier molecular flexibility index (Phi) is 4.69. The Morgan fingerprint density at radius 1 is 0.367 bits per heavy atom. The van der Waals surface area contributed by atoms with Crippen molar-refractivity contribution < 1.29 is 0 Å². The van der Waals surface area contributed by atoms with Crippen LogP contribution in [0.1, 0.15) is 0 Å². The second kappa shape index (κ2) is 9.03. The molecule has 0 saturated carbocycles. The average Bonchev–Trinajstić information content (AvgIpc) is 3.89. The van der Waals surface area contributed by atoms with Crippen LogP contribution in [0.2, 0.25) is 0 Å². The highest BCUT2D eigenvalue weighted by Gasteiger charge is 2.25. The molecule has 0 unspecified atom stereocenters. The van der Waals surface area contributed by atoms with Gasteiger partial charge in [0.2, 0.25) is 0 Å². The third-order valence-electron chi connectivity index (χ3n) is 10.8. The molecule has 0 saturated heterocycles. The molecule has 4 nitrogen and oxygen atoms in total. The Hall–Kier alpha value is -6.65. The number of hydrogen-bond donors (Lipinski definition) is 0. The van der Waals surface area contributed by atoms with Crippen molar-refractivity contribution in [3.63, 3.8) is 0 Å². The van der Waals surface area contributed by atoms with Crippen molar-refractivity contribution in [2.45, 2.75) is 0 Å². The lowest BCUT2D eigenvalue weighted by molar-refractivity contribution is 1.11. The number of hydrogen-bond acceptors (Lipinski definition) is 1. The largest absolute Gasteiger partial charge is 0.308 e. The number of benzene rings is 7. The van der Waals surface area contributed by atoms with Gasteiger partial charge in [0.25, 0.3) is 0 Å². The summed E-state index contributed by atoms with van der Waals surface area (Å²) in [5, 5.41) is 12.6. The average molecular weight is 623 g/mol. The molecule has 226 valence electrons. The van der Waals surface area contributed by atoms with Gasteiger partial charge in [0, 0.05) is 60.7 Å². The summed E-state index contributed by atoms with van der Waals surface area (Å²) in [5.74, 6) is 0. The van der Waals surface area contributed by atoms with E-state index in [0.717, 1.165) is 27.9 Å². The Morgan fingerprint density at radius 2 is 0.980 bits per heavy atom. The highest BCUT2D eigenvalue weighted by atomic mass is 15.1. The SMILES string of the molecule is c1cc(-n2c3ccccc3c3cccnc32)cc(-n2c3ccccc3c3cc4c5ccccc5n5c6ccc7ccccc7c6c(c32)c45)c1. The number of fused-ring (bicyclic) bond motifs is 15. The van der Waals surface area contributed by atoms with Crippen LogP contribution in [0.3, 0.4) is 0 Å². The zero-order valence-electron chi connectivity index (χ0n) is 26.3. The molecule has 0 radical (unpaired) electrons. The number of para-hydroxylation sites is 3. The summed E-state index contributed by atoms with van der Waals surface area (Å²) in [6.07, 6.45) is 1.89. The first-order valence-corrected chi connectivity index (χ1v) is 16.8. The van der Waals surface area contributed by atoms with Crippen molar-refractivity contribution in [3.05, 3.63) is 158 Å². The molecule has 0 aliphatic rings. The van der Waals surface area contributed by atoms with Crippen LogP contribution in [0.5, 0.6) is 0 Å². The second-order valence-electron chi connectivity index (χ2n) is 13.2. The van der Waals surface area contributed by atoms with Crippen molar-refractivity contribution in [2.75, 3.05) is 0 Å². The molecule has 0 bridgehead atoms. The molecule has 12 aromatic rings. The smallest absolute Gasteiger partial charge is 0.145 e. The third-order valence-corrected chi connectivity index (χ3v) is 10.8. The molecule has 0 N–H and O–H groups in total. The maximum Gasteiger partial charge on any atom is 0.145 e. The first kappa shape index (κ1) is 25.4. The van der Waals surface area contributed by atoms with Crippen LogP contribution >= 0.6 is 0 Å². The molecular formula is C45H26N4. The van der Waals surface area contributed by atoms with E-state index in [0.29, 0.717) is 0 Å². The predicted octanol–water partition coefficient (Wildman–Crippen LogP) is 11.6. The van der Waals surface area contributed by atoms with Crippen LogP contribution < -0.4 is 0 Å². The minimum atomic E-state index is 0.966. The van der Waals surface area contributed by atoms with Gasteiger partial charge in [-0.3, -0.25) is 4.57 Å². The van der Waals surface area contributed by atoms with Gasteiger partial charge in [-0.25, -0.2) is 4.98 Å². The van der Waals surface area contributed by atoms with Crippen molar-refractivity contribution >= 4 is 92.6 Å². The standard InChI is InChI=1S/C45H26N4/c1-2-14-30-27(11-1)22-23-40-41(30)42-43-35(26-36-33-17-5-8-21-39(33)49(40)44(36)42)32-16-4-6-19-37(32)47(43)28-12-9-13-29(25-28)48-38-20-7-3-15-31(38)34-18-10-24-46-45(34)48/h1-26H. The quantitative estimate of drug-likeness (QED) is 0.188. The van der Waals surface area contributed by atoms with Crippen LogP contribution in [-0.4, -0.2) is 18.5 Å². The topological polar surface area (TPSA) is 27.2 Å². The molecule has 0 aliphatic carbocycles. The highest BCUT2D eigenvalue weighted by Crippen LogP contribution is 2.48. The third kappa shape index (κ3) is 3.12. The first-order valence-electron chi connectivity index (χ1n) is 16.8. The van der Waals surface area contributed by atoms with E-state index in [-0.39, 0.29) is 0 Å². The molecular weight excluding hydrogens is 597 g/mol. The van der Waals surface area contributed by atoms with E-state index in [1.807, 2.05) is 12.3 Å². The van der Waals surface area contributed by atoms with E-state index >= 15 is 0 Å². The van der Waals surface area contributed by atoms with Crippen molar-refractivity contribution in [2.24, 2.45) is 0 Å². The molecule has 5 heterocycles. The van der Waals surface area contributed by atoms with Gasteiger partial charge in [-0.2, -0.15) is 0 Å². The van der Waals surface area contributed by atoms with Gasteiger partial charge >= 0.3 is 0 Å². The zero-order chi connectivity index (χ0) is 31.8. The molecule has 0 amide bonds. The molecule has 0 atom stereocenters. The predicted molar refractivity (Wildman–Crippen MR) is 205 cm³/mol. The van der Waals surface area contributed by atoms with Gasteiger partial charge in [0.15, 0.2) is 0 Å². The maximum atomic E-state index is 4.88. The molecule has 49 heavy (non-hydrogen) atoms. The van der Waals surface area contributed by atoms with Crippen LogP contribution in [0.15, 0.2) is 158 Å². The summed E-state index contributed by atoms with van der Waals surface area (Å²) in [7, 11) is 0. The van der Waals surface area contributed by atoms with E-state index in [1.54, 1.807) is 0 Å². The van der Waals surface area contributed by atoms with E-state index in [2.05, 4.69) is 159 Å². The normalized spacial score (nSPS) is 12.5. The zero-order valence-corrected chi connectivity index (χ0v) is 26.3. The van der Waals surface area contributed by atoms with Crippen molar-refractivity contribution in [1.29, 1.82) is 0 Å². The molecule has 12 rings (SSSR count). The van der Waals surface area contributed by atoms with Gasteiger partial charge in [-0.05, 0) is 71.4 Å². The summed E-state index contributed by atoms with van der Waals surface area (Å²) in [6.45, 7) is 0. The van der Waals surface area contributed by atoms with Crippen LogP contribution in [0, 0.1) is 0 Å². The Bertz CT molecular complexity index is 3280. The molecule has 5 aromatic heterocycles. The van der Waals surface area contributed by atoms with E-state index < -0.39 is 0 Å². The number of nitrogens with zero attached hydrogens (tertiary/aromatic N) is 4. The number of aromatic nitrogens is 4. The van der Waals surface area contributed by atoms with Gasteiger partial charge < -0.3 is 8.97 Å². The molecule has 4 heteroatoms. The minimum absolute atomic E-state index is 0.966. The fourth-order valence-corrected chi connectivity index (χ4v) is 8.86. The summed E-state index contributed by atoms with van der Waals surface area (Å²) in [5.41, 5.74) is 10.5. The number of pyridine rings is 1. The van der Waals surface area contributed by atoms with Gasteiger partial charge in [-0.15, -0.1) is 0 Å². The minimum Gasteiger partial charge on any atom is -0.308 e. The van der Waals surface area contributed by atoms with Gasteiger partial charge in [-0.1, -0.05) is 91.0 Å². The fourth-order valence-electron chi connectivity index (χ4n) is 8.86. The summed E-state index contributed by atoms with van der Waals surface area (Å²) >= 11 is 0. The molecule has 0 aliphatic heterocycles. The lowest BCUT2D eigenvalue weighted by Crippen LogP contribution is -1.99. The van der Waals surface area contributed by atoms with Crippen LogP contribution in [-0.2, 0) is 0 Å². The van der Waals surface area contributed by atoms with Crippen molar-refractivity contribution in [1.82, 2.24) is 18.5 Å². The van der Waals surface area contributed by atoms with Gasteiger partial charge in [0.1, 0.15) is 5.65 Å². The van der Waals surface area contributed by atoms with E-state index in [9.17, 15) is 0 Å². The van der Waals surface area contributed by atoms with Crippen molar-refractivity contribution in [3.8, 4) is 11.4 Å².